The van der Waals surface area contributed by atoms with Crippen molar-refractivity contribution in [2.75, 3.05) is 19.6 Å². The van der Waals surface area contributed by atoms with Gasteiger partial charge in [0.2, 0.25) is 5.91 Å². The Labute approximate surface area is 121 Å². The highest BCUT2D eigenvalue weighted by Gasteiger charge is 2.40. The Morgan fingerprint density at radius 2 is 2.15 bits per heavy atom. The number of rotatable bonds is 6. The van der Waals surface area contributed by atoms with Crippen molar-refractivity contribution >= 4 is 5.91 Å². The van der Waals surface area contributed by atoms with Crippen LogP contribution in [-0.2, 0) is 11.3 Å². The van der Waals surface area contributed by atoms with Crippen LogP contribution in [0, 0.1) is 5.41 Å². The van der Waals surface area contributed by atoms with Gasteiger partial charge in [-0.15, -0.1) is 0 Å². The van der Waals surface area contributed by atoms with E-state index in [1.165, 1.54) is 0 Å². The third kappa shape index (κ3) is 3.23. The number of nitrogens with zero attached hydrogens (tertiary/aromatic N) is 1. The van der Waals surface area contributed by atoms with E-state index in [0.29, 0.717) is 12.5 Å². The van der Waals surface area contributed by atoms with Gasteiger partial charge in [-0.05, 0) is 51.4 Å². The molecule has 2 rings (SSSR count). The number of hydrogen-bond donors (Lipinski definition) is 1. The third-order valence-corrected chi connectivity index (χ3v) is 4.34. The van der Waals surface area contributed by atoms with Crippen molar-refractivity contribution in [3.63, 3.8) is 0 Å². The SMILES string of the molecule is CCCC1(C(=O)N(CC)Cc2ccco2)CCNCC1. The molecule has 1 aromatic heterocycles. The van der Waals surface area contributed by atoms with E-state index in [4.69, 9.17) is 4.42 Å². The molecule has 1 aliphatic rings. The second-order valence-corrected chi connectivity index (χ2v) is 5.68. The van der Waals surface area contributed by atoms with Gasteiger partial charge in [0.15, 0.2) is 0 Å². The van der Waals surface area contributed by atoms with Crippen molar-refractivity contribution in [1.82, 2.24) is 10.2 Å². The summed E-state index contributed by atoms with van der Waals surface area (Å²) in [5, 5.41) is 3.37. The molecule has 20 heavy (non-hydrogen) atoms. The fraction of sp³-hybridized carbons (Fsp3) is 0.688. The zero-order chi connectivity index (χ0) is 14.4. The summed E-state index contributed by atoms with van der Waals surface area (Å²) in [5.74, 6) is 1.17. The van der Waals surface area contributed by atoms with Gasteiger partial charge >= 0.3 is 0 Å². The average molecular weight is 278 g/mol. The van der Waals surface area contributed by atoms with Gasteiger partial charge in [-0.1, -0.05) is 13.3 Å². The monoisotopic (exact) mass is 278 g/mol. The Morgan fingerprint density at radius 1 is 1.40 bits per heavy atom. The fourth-order valence-corrected chi connectivity index (χ4v) is 3.21. The largest absolute Gasteiger partial charge is 0.467 e. The van der Waals surface area contributed by atoms with Gasteiger partial charge in [0.05, 0.1) is 18.2 Å². The minimum atomic E-state index is -0.164. The molecule has 0 bridgehead atoms. The van der Waals surface area contributed by atoms with Crippen LogP contribution in [0.25, 0.3) is 0 Å². The lowest BCUT2D eigenvalue weighted by Crippen LogP contribution is -2.49. The van der Waals surface area contributed by atoms with E-state index >= 15 is 0 Å². The van der Waals surface area contributed by atoms with E-state index in [-0.39, 0.29) is 5.41 Å². The molecule has 0 atom stereocenters. The predicted octanol–water partition coefficient (Wildman–Crippen LogP) is 2.80. The van der Waals surface area contributed by atoms with E-state index < -0.39 is 0 Å². The Kier molecular flexibility index (Phi) is 5.24. The number of carbonyl (C=O) groups excluding carboxylic acids is 1. The molecule has 112 valence electrons. The summed E-state index contributed by atoms with van der Waals surface area (Å²) in [6, 6.07) is 3.81. The summed E-state index contributed by atoms with van der Waals surface area (Å²) in [6.07, 6.45) is 5.62. The summed E-state index contributed by atoms with van der Waals surface area (Å²) in [7, 11) is 0. The van der Waals surface area contributed by atoms with Gasteiger partial charge in [0.25, 0.3) is 0 Å². The van der Waals surface area contributed by atoms with Crippen molar-refractivity contribution < 1.29 is 9.21 Å². The predicted molar refractivity (Wildman–Crippen MR) is 79.2 cm³/mol. The number of carbonyl (C=O) groups is 1. The summed E-state index contributed by atoms with van der Waals surface area (Å²) in [5.41, 5.74) is -0.164. The number of amides is 1. The van der Waals surface area contributed by atoms with Gasteiger partial charge < -0.3 is 14.6 Å². The first-order chi connectivity index (χ1) is 9.72. The lowest BCUT2D eigenvalue weighted by molar-refractivity contribution is -0.145. The molecule has 4 heteroatoms. The summed E-state index contributed by atoms with van der Waals surface area (Å²) in [4.78, 5) is 15.0. The van der Waals surface area contributed by atoms with Crippen LogP contribution in [0.3, 0.4) is 0 Å². The van der Waals surface area contributed by atoms with Crippen molar-refractivity contribution in [1.29, 1.82) is 0 Å². The molecule has 0 radical (unpaired) electrons. The molecule has 0 spiro atoms. The quantitative estimate of drug-likeness (QED) is 0.870. The van der Waals surface area contributed by atoms with Gasteiger partial charge in [0.1, 0.15) is 5.76 Å². The van der Waals surface area contributed by atoms with Crippen molar-refractivity contribution in [3.8, 4) is 0 Å². The second kappa shape index (κ2) is 6.93. The van der Waals surface area contributed by atoms with Crippen molar-refractivity contribution in [3.05, 3.63) is 24.2 Å². The molecular formula is C16H26N2O2. The first-order valence-corrected chi connectivity index (χ1v) is 7.74. The third-order valence-electron chi connectivity index (χ3n) is 4.34. The molecule has 1 aliphatic heterocycles. The fourth-order valence-electron chi connectivity index (χ4n) is 3.21. The molecule has 0 saturated carbocycles. The van der Waals surface area contributed by atoms with Gasteiger partial charge in [-0.25, -0.2) is 0 Å². The van der Waals surface area contributed by atoms with E-state index in [2.05, 4.69) is 12.2 Å². The Morgan fingerprint density at radius 3 is 2.70 bits per heavy atom. The maximum atomic E-state index is 13.0. The van der Waals surface area contributed by atoms with Crippen LogP contribution >= 0.6 is 0 Å². The molecule has 1 amide bonds. The van der Waals surface area contributed by atoms with E-state index in [9.17, 15) is 4.79 Å². The van der Waals surface area contributed by atoms with Gasteiger partial charge in [-0.2, -0.15) is 0 Å². The molecule has 0 aromatic carbocycles. The first kappa shape index (κ1) is 15.1. The molecule has 0 unspecified atom stereocenters. The summed E-state index contributed by atoms with van der Waals surface area (Å²) in [6.45, 7) is 7.43. The first-order valence-electron chi connectivity index (χ1n) is 7.74. The maximum absolute atomic E-state index is 13.0. The zero-order valence-corrected chi connectivity index (χ0v) is 12.7. The normalized spacial score (nSPS) is 17.9. The van der Waals surface area contributed by atoms with Crippen LogP contribution in [0.5, 0.6) is 0 Å². The molecule has 4 nitrogen and oxygen atoms in total. The minimum absolute atomic E-state index is 0.164. The molecule has 2 heterocycles. The van der Waals surface area contributed by atoms with Crippen LogP contribution < -0.4 is 5.32 Å². The van der Waals surface area contributed by atoms with Crippen LogP contribution in [0.2, 0.25) is 0 Å². The van der Waals surface area contributed by atoms with E-state index in [0.717, 1.165) is 51.1 Å². The molecule has 1 saturated heterocycles. The van der Waals surface area contributed by atoms with Gasteiger partial charge in [-0.3, -0.25) is 4.79 Å². The number of nitrogens with one attached hydrogen (secondary N) is 1. The topological polar surface area (TPSA) is 45.5 Å². The van der Waals surface area contributed by atoms with Crippen molar-refractivity contribution in [2.45, 2.75) is 46.1 Å². The summed E-state index contributed by atoms with van der Waals surface area (Å²) < 4.78 is 5.39. The highest BCUT2D eigenvalue weighted by atomic mass is 16.3. The zero-order valence-electron chi connectivity index (χ0n) is 12.7. The highest BCUT2D eigenvalue weighted by molar-refractivity contribution is 5.82. The Balaban J connectivity index is 2.11. The lowest BCUT2D eigenvalue weighted by Gasteiger charge is -2.39. The van der Waals surface area contributed by atoms with Gasteiger partial charge in [0, 0.05) is 6.54 Å². The van der Waals surface area contributed by atoms with Crippen LogP contribution in [0.1, 0.15) is 45.3 Å². The lowest BCUT2D eigenvalue weighted by atomic mass is 9.74. The van der Waals surface area contributed by atoms with Crippen molar-refractivity contribution in [2.24, 2.45) is 5.41 Å². The second-order valence-electron chi connectivity index (χ2n) is 5.68. The molecule has 0 aliphatic carbocycles. The smallest absolute Gasteiger partial charge is 0.229 e. The molecule has 1 aromatic rings. The number of piperidine rings is 1. The highest BCUT2D eigenvalue weighted by Crippen LogP contribution is 2.36. The van der Waals surface area contributed by atoms with E-state index in [1.807, 2.05) is 24.0 Å². The van der Waals surface area contributed by atoms with Crippen LogP contribution in [-0.4, -0.2) is 30.4 Å². The minimum Gasteiger partial charge on any atom is -0.467 e. The van der Waals surface area contributed by atoms with Crippen LogP contribution in [0.4, 0.5) is 0 Å². The Bertz CT molecular complexity index is 403. The number of hydrogen-bond acceptors (Lipinski definition) is 3. The molecule has 1 fully saturated rings. The average Bonchev–Trinajstić information content (AvgIpc) is 2.98. The molecular weight excluding hydrogens is 252 g/mol. The maximum Gasteiger partial charge on any atom is 0.229 e. The number of furan rings is 1. The van der Waals surface area contributed by atoms with Crippen LogP contribution in [0.15, 0.2) is 22.8 Å². The van der Waals surface area contributed by atoms with E-state index in [1.54, 1.807) is 6.26 Å². The Hall–Kier alpha value is -1.29. The standard InChI is InChI=1S/C16H26N2O2/c1-3-7-16(8-10-17-11-9-16)15(19)18(4-2)13-14-6-5-12-20-14/h5-6,12,17H,3-4,7-11,13H2,1-2H3. The summed E-state index contributed by atoms with van der Waals surface area (Å²) >= 11 is 0. The molecule has 1 N–H and O–H groups in total.